The van der Waals surface area contributed by atoms with E-state index in [1.54, 1.807) is 0 Å². The Kier molecular flexibility index (Phi) is 3.58. The van der Waals surface area contributed by atoms with Gasteiger partial charge in [0.05, 0.1) is 18.8 Å². The van der Waals surface area contributed by atoms with Crippen LogP contribution in [0, 0.1) is 6.92 Å². The Labute approximate surface area is 96.1 Å². The van der Waals surface area contributed by atoms with Crippen molar-refractivity contribution >= 4 is 0 Å². The van der Waals surface area contributed by atoms with E-state index in [9.17, 15) is 5.11 Å². The molecule has 1 aliphatic rings. The van der Waals surface area contributed by atoms with Crippen molar-refractivity contribution in [1.82, 2.24) is 20.0 Å². The smallest absolute Gasteiger partial charge is 0.0629 e. The number of piperazine rings is 1. The van der Waals surface area contributed by atoms with Gasteiger partial charge in [-0.3, -0.25) is 9.58 Å². The van der Waals surface area contributed by atoms with Gasteiger partial charge in [-0.15, -0.1) is 0 Å². The Morgan fingerprint density at radius 1 is 1.50 bits per heavy atom. The van der Waals surface area contributed by atoms with E-state index in [2.05, 4.69) is 15.3 Å². The summed E-state index contributed by atoms with van der Waals surface area (Å²) in [6.07, 6.45) is 1.87. The fraction of sp³-hybridized carbons (Fsp3) is 0.727. The summed E-state index contributed by atoms with van der Waals surface area (Å²) >= 11 is 0. The van der Waals surface area contributed by atoms with Gasteiger partial charge in [0, 0.05) is 44.5 Å². The third-order valence-electron chi connectivity index (χ3n) is 3.40. The lowest BCUT2D eigenvalue weighted by atomic mass is 10.1. The first kappa shape index (κ1) is 11.6. The summed E-state index contributed by atoms with van der Waals surface area (Å²) in [5.74, 6) is 0. The van der Waals surface area contributed by atoms with Gasteiger partial charge in [-0.25, -0.2) is 0 Å². The van der Waals surface area contributed by atoms with Crippen LogP contribution in [0.3, 0.4) is 0 Å². The normalized spacial score (nSPS) is 19.9. The van der Waals surface area contributed by atoms with Crippen molar-refractivity contribution in [3.8, 4) is 0 Å². The molecule has 0 amide bonds. The molecule has 90 valence electrons. The van der Waals surface area contributed by atoms with E-state index in [1.807, 2.05) is 24.9 Å². The number of nitrogens with zero attached hydrogens (tertiary/aromatic N) is 3. The molecule has 0 spiro atoms. The molecule has 5 nitrogen and oxygen atoms in total. The van der Waals surface area contributed by atoms with Crippen LogP contribution < -0.4 is 5.32 Å². The maximum Gasteiger partial charge on any atom is 0.0629 e. The van der Waals surface area contributed by atoms with Crippen LogP contribution in [0.15, 0.2) is 6.20 Å². The molecule has 1 fully saturated rings. The van der Waals surface area contributed by atoms with Crippen LogP contribution >= 0.6 is 0 Å². The van der Waals surface area contributed by atoms with Gasteiger partial charge in [0.15, 0.2) is 0 Å². The second-order valence-corrected chi connectivity index (χ2v) is 4.29. The van der Waals surface area contributed by atoms with Crippen LogP contribution in [0.1, 0.15) is 17.3 Å². The first-order valence-corrected chi connectivity index (χ1v) is 5.78. The van der Waals surface area contributed by atoms with E-state index in [4.69, 9.17) is 0 Å². The molecule has 2 rings (SSSR count). The highest BCUT2D eigenvalue weighted by Gasteiger charge is 2.24. The molecule has 2 N–H and O–H groups in total. The quantitative estimate of drug-likeness (QED) is 0.738. The summed E-state index contributed by atoms with van der Waals surface area (Å²) < 4.78 is 1.86. The Hall–Kier alpha value is -0.910. The number of hydrogen-bond donors (Lipinski definition) is 2. The molecule has 0 bridgehead atoms. The predicted molar refractivity (Wildman–Crippen MR) is 62.2 cm³/mol. The van der Waals surface area contributed by atoms with E-state index < -0.39 is 0 Å². The van der Waals surface area contributed by atoms with Crippen LogP contribution in [0.2, 0.25) is 0 Å². The van der Waals surface area contributed by atoms with Crippen LogP contribution in [0.25, 0.3) is 0 Å². The zero-order valence-electron chi connectivity index (χ0n) is 9.98. The summed E-state index contributed by atoms with van der Waals surface area (Å²) in [5.41, 5.74) is 2.28. The number of aryl methyl sites for hydroxylation is 1. The summed E-state index contributed by atoms with van der Waals surface area (Å²) in [5, 5.41) is 17.1. The number of nitrogens with one attached hydrogen (secondary N) is 1. The third-order valence-corrected chi connectivity index (χ3v) is 3.40. The third kappa shape index (κ3) is 2.11. The van der Waals surface area contributed by atoms with Crippen molar-refractivity contribution in [3.05, 3.63) is 17.5 Å². The monoisotopic (exact) mass is 224 g/mol. The van der Waals surface area contributed by atoms with Crippen molar-refractivity contribution in [2.45, 2.75) is 13.0 Å². The van der Waals surface area contributed by atoms with Crippen molar-refractivity contribution in [2.75, 3.05) is 32.8 Å². The maximum absolute atomic E-state index is 9.57. The lowest BCUT2D eigenvalue weighted by Crippen LogP contribution is -2.46. The molecule has 1 unspecified atom stereocenters. The van der Waals surface area contributed by atoms with Crippen molar-refractivity contribution in [2.24, 2.45) is 7.05 Å². The second-order valence-electron chi connectivity index (χ2n) is 4.29. The first-order chi connectivity index (χ1) is 7.74. The van der Waals surface area contributed by atoms with Gasteiger partial charge in [0.25, 0.3) is 0 Å². The van der Waals surface area contributed by atoms with Crippen LogP contribution in [-0.2, 0) is 7.05 Å². The van der Waals surface area contributed by atoms with Crippen LogP contribution in [0.5, 0.6) is 0 Å². The topological polar surface area (TPSA) is 53.3 Å². The van der Waals surface area contributed by atoms with Crippen LogP contribution in [0.4, 0.5) is 0 Å². The molecule has 0 aromatic carbocycles. The molecule has 0 saturated carbocycles. The van der Waals surface area contributed by atoms with Gasteiger partial charge in [-0.2, -0.15) is 5.10 Å². The average Bonchev–Trinajstić information content (AvgIpc) is 2.64. The van der Waals surface area contributed by atoms with Crippen LogP contribution in [-0.4, -0.2) is 52.6 Å². The molecular weight excluding hydrogens is 204 g/mol. The molecular formula is C11H20N4O. The standard InChI is InChI=1S/C11H20N4O/c1-9-10(7-13-14(9)2)11(8-16)15-5-3-12-4-6-15/h7,11-12,16H,3-6,8H2,1-2H3. The lowest BCUT2D eigenvalue weighted by molar-refractivity contribution is 0.110. The van der Waals surface area contributed by atoms with E-state index in [0.29, 0.717) is 0 Å². The lowest BCUT2D eigenvalue weighted by Gasteiger charge is -2.33. The zero-order chi connectivity index (χ0) is 11.5. The molecule has 1 saturated heterocycles. The first-order valence-electron chi connectivity index (χ1n) is 5.78. The van der Waals surface area contributed by atoms with Gasteiger partial charge in [-0.05, 0) is 6.92 Å². The van der Waals surface area contributed by atoms with Gasteiger partial charge in [-0.1, -0.05) is 0 Å². The van der Waals surface area contributed by atoms with E-state index in [1.165, 1.54) is 0 Å². The minimum Gasteiger partial charge on any atom is -0.394 e. The largest absolute Gasteiger partial charge is 0.394 e. The Balaban J connectivity index is 2.18. The Bertz CT molecular complexity index is 344. The molecule has 1 aromatic rings. The second kappa shape index (κ2) is 4.95. The SMILES string of the molecule is Cc1c(C(CO)N2CCNCC2)cnn1C. The molecule has 5 heteroatoms. The summed E-state index contributed by atoms with van der Waals surface area (Å²) in [7, 11) is 1.94. The number of aliphatic hydroxyl groups excluding tert-OH is 1. The highest BCUT2D eigenvalue weighted by molar-refractivity contribution is 5.21. The highest BCUT2D eigenvalue weighted by Crippen LogP contribution is 2.23. The number of hydrogen-bond acceptors (Lipinski definition) is 4. The van der Waals surface area contributed by atoms with Gasteiger partial charge in [0.2, 0.25) is 0 Å². The molecule has 1 aliphatic heterocycles. The maximum atomic E-state index is 9.57. The summed E-state index contributed by atoms with van der Waals surface area (Å²) in [4.78, 5) is 2.32. The Morgan fingerprint density at radius 2 is 2.19 bits per heavy atom. The van der Waals surface area contributed by atoms with E-state index in [-0.39, 0.29) is 12.6 Å². The summed E-state index contributed by atoms with van der Waals surface area (Å²) in [6.45, 7) is 6.17. The molecule has 0 radical (unpaired) electrons. The highest BCUT2D eigenvalue weighted by atomic mass is 16.3. The van der Waals surface area contributed by atoms with Gasteiger partial charge in [0.1, 0.15) is 0 Å². The minimum absolute atomic E-state index is 0.0933. The molecule has 0 aliphatic carbocycles. The minimum atomic E-state index is 0.0933. The Morgan fingerprint density at radius 3 is 2.69 bits per heavy atom. The summed E-state index contributed by atoms with van der Waals surface area (Å²) in [6, 6.07) is 0.0933. The molecule has 1 aromatic heterocycles. The number of rotatable bonds is 3. The van der Waals surface area contributed by atoms with Gasteiger partial charge >= 0.3 is 0 Å². The fourth-order valence-corrected chi connectivity index (χ4v) is 2.25. The van der Waals surface area contributed by atoms with Crippen molar-refractivity contribution in [1.29, 1.82) is 0 Å². The zero-order valence-corrected chi connectivity index (χ0v) is 9.98. The molecule has 16 heavy (non-hydrogen) atoms. The predicted octanol–water partition coefficient (Wildman–Crippen LogP) is -0.333. The van der Waals surface area contributed by atoms with Crippen molar-refractivity contribution < 1.29 is 5.11 Å². The molecule has 2 heterocycles. The average molecular weight is 224 g/mol. The van der Waals surface area contributed by atoms with E-state index in [0.717, 1.165) is 37.4 Å². The van der Waals surface area contributed by atoms with Crippen molar-refractivity contribution in [3.63, 3.8) is 0 Å². The fourth-order valence-electron chi connectivity index (χ4n) is 2.25. The van der Waals surface area contributed by atoms with Gasteiger partial charge < -0.3 is 10.4 Å². The van der Waals surface area contributed by atoms with E-state index >= 15 is 0 Å². The number of aliphatic hydroxyl groups is 1. The molecule has 1 atom stereocenters. The number of aromatic nitrogens is 2.